The number of amides is 2. The summed E-state index contributed by atoms with van der Waals surface area (Å²) in [6.45, 7) is 1.48. The van der Waals surface area contributed by atoms with Gasteiger partial charge in [0.15, 0.2) is 0 Å². The minimum Gasteiger partial charge on any atom is -0.381 e. The molecule has 2 saturated heterocycles. The first-order valence-electron chi connectivity index (χ1n) is 7.69. The Balaban J connectivity index is 1.78. The van der Waals surface area contributed by atoms with Gasteiger partial charge in [0, 0.05) is 25.6 Å². The van der Waals surface area contributed by atoms with E-state index in [4.69, 9.17) is 4.74 Å². The first-order valence-corrected chi connectivity index (χ1v) is 7.69. The van der Waals surface area contributed by atoms with Gasteiger partial charge in [-0.2, -0.15) is 0 Å². The zero-order valence-electron chi connectivity index (χ0n) is 12.1. The summed E-state index contributed by atoms with van der Waals surface area (Å²) in [5.41, 5.74) is 1.15. The standard InChI is InChI=1S/C17H21NO3/c19-16-10-14(13-7-4-8-21-11-13)15(17(20)18-16)9-12-5-2-1-3-6-12/h1-3,5-6,13-15H,4,7-11H2,(H,18,19,20). The molecule has 1 N–H and O–H groups in total. The van der Waals surface area contributed by atoms with Gasteiger partial charge >= 0.3 is 0 Å². The van der Waals surface area contributed by atoms with Crippen molar-refractivity contribution in [3.63, 3.8) is 0 Å². The van der Waals surface area contributed by atoms with Gasteiger partial charge in [0.25, 0.3) is 0 Å². The molecule has 0 aromatic heterocycles. The summed E-state index contributed by atoms with van der Waals surface area (Å²) >= 11 is 0. The van der Waals surface area contributed by atoms with Crippen molar-refractivity contribution in [3.05, 3.63) is 35.9 Å². The lowest BCUT2D eigenvalue weighted by molar-refractivity contribution is -0.141. The lowest BCUT2D eigenvalue weighted by atomic mass is 9.72. The predicted octanol–water partition coefficient (Wildman–Crippen LogP) is 1.93. The molecule has 1 aromatic rings. The molecule has 0 aliphatic carbocycles. The molecule has 2 amide bonds. The Hall–Kier alpha value is -1.68. The molecule has 4 heteroatoms. The molecule has 3 atom stereocenters. The van der Waals surface area contributed by atoms with Crippen LogP contribution in [0.1, 0.15) is 24.8 Å². The van der Waals surface area contributed by atoms with Gasteiger partial charge in [-0.1, -0.05) is 30.3 Å². The zero-order chi connectivity index (χ0) is 14.7. The fourth-order valence-electron chi connectivity index (χ4n) is 3.54. The highest BCUT2D eigenvalue weighted by atomic mass is 16.5. The van der Waals surface area contributed by atoms with E-state index in [0.717, 1.165) is 25.0 Å². The van der Waals surface area contributed by atoms with Crippen LogP contribution < -0.4 is 5.32 Å². The van der Waals surface area contributed by atoms with Gasteiger partial charge in [0.2, 0.25) is 11.8 Å². The molecule has 2 aliphatic rings. The van der Waals surface area contributed by atoms with E-state index >= 15 is 0 Å². The van der Waals surface area contributed by atoms with Crippen molar-refractivity contribution in [1.29, 1.82) is 0 Å². The fourth-order valence-corrected chi connectivity index (χ4v) is 3.54. The van der Waals surface area contributed by atoms with Crippen LogP contribution in [0.15, 0.2) is 30.3 Å². The first-order chi connectivity index (χ1) is 10.2. The Morgan fingerprint density at radius 2 is 2.00 bits per heavy atom. The predicted molar refractivity (Wildman–Crippen MR) is 78.4 cm³/mol. The second kappa shape index (κ2) is 6.39. The van der Waals surface area contributed by atoms with E-state index in [1.165, 1.54) is 0 Å². The van der Waals surface area contributed by atoms with Gasteiger partial charge in [-0.05, 0) is 36.7 Å². The minimum atomic E-state index is -0.139. The summed E-state index contributed by atoms with van der Waals surface area (Å²) < 4.78 is 5.56. The topological polar surface area (TPSA) is 55.4 Å². The fraction of sp³-hybridized carbons (Fsp3) is 0.529. The third kappa shape index (κ3) is 3.32. The SMILES string of the molecule is O=C1CC(C2CCCOC2)C(Cc2ccccc2)C(=O)N1. The molecule has 0 radical (unpaired) electrons. The second-order valence-electron chi connectivity index (χ2n) is 6.05. The highest BCUT2D eigenvalue weighted by Gasteiger charge is 2.40. The maximum Gasteiger partial charge on any atom is 0.230 e. The van der Waals surface area contributed by atoms with E-state index in [1.807, 2.05) is 30.3 Å². The van der Waals surface area contributed by atoms with Crippen molar-refractivity contribution >= 4 is 11.8 Å². The van der Waals surface area contributed by atoms with Crippen LogP contribution in [0.2, 0.25) is 0 Å². The van der Waals surface area contributed by atoms with Crippen LogP contribution >= 0.6 is 0 Å². The summed E-state index contributed by atoms with van der Waals surface area (Å²) in [7, 11) is 0. The average Bonchev–Trinajstić information content (AvgIpc) is 2.51. The number of piperidine rings is 1. The maximum absolute atomic E-state index is 12.3. The Labute approximate surface area is 124 Å². The number of benzene rings is 1. The third-order valence-corrected chi connectivity index (χ3v) is 4.64. The van der Waals surface area contributed by atoms with Crippen molar-refractivity contribution in [2.45, 2.75) is 25.7 Å². The highest BCUT2D eigenvalue weighted by Crippen LogP contribution is 2.35. The molecule has 0 spiro atoms. The molecule has 2 aliphatic heterocycles. The Morgan fingerprint density at radius 3 is 2.71 bits per heavy atom. The number of carbonyl (C=O) groups is 2. The number of carbonyl (C=O) groups excluding carboxylic acids is 2. The quantitative estimate of drug-likeness (QED) is 0.864. The van der Waals surface area contributed by atoms with Crippen molar-refractivity contribution in [2.24, 2.45) is 17.8 Å². The van der Waals surface area contributed by atoms with Crippen LogP contribution in [0, 0.1) is 17.8 Å². The Kier molecular flexibility index (Phi) is 4.34. The third-order valence-electron chi connectivity index (χ3n) is 4.64. The summed E-state index contributed by atoms with van der Waals surface area (Å²) in [6, 6.07) is 10.0. The number of nitrogens with one attached hydrogen (secondary N) is 1. The van der Waals surface area contributed by atoms with Crippen molar-refractivity contribution in [1.82, 2.24) is 5.32 Å². The average molecular weight is 287 g/mol. The van der Waals surface area contributed by atoms with Crippen molar-refractivity contribution in [3.8, 4) is 0 Å². The van der Waals surface area contributed by atoms with Gasteiger partial charge < -0.3 is 4.74 Å². The van der Waals surface area contributed by atoms with Crippen LogP contribution in [0.4, 0.5) is 0 Å². The molecule has 0 bridgehead atoms. The molecule has 3 rings (SSSR count). The Morgan fingerprint density at radius 1 is 1.19 bits per heavy atom. The van der Waals surface area contributed by atoms with Gasteiger partial charge in [-0.15, -0.1) is 0 Å². The van der Waals surface area contributed by atoms with E-state index < -0.39 is 0 Å². The van der Waals surface area contributed by atoms with E-state index in [0.29, 0.717) is 25.4 Å². The molecule has 21 heavy (non-hydrogen) atoms. The Bertz CT molecular complexity index is 508. The van der Waals surface area contributed by atoms with Gasteiger partial charge in [0.1, 0.15) is 0 Å². The van der Waals surface area contributed by atoms with Gasteiger partial charge in [0.05, 0.1) is 0 Å². The van der Waals surface area contributed by atoms with Crippen LogP contribution in [0.25, 0.3) is 0 Å². The maximum atomic E-state index is 12.3. The lowest BCUT2D eigenvalue weighted by Crippen LogP contribution is -2.49. The summed E-state index contributed by atoms with van der Waals surface area (Å²) in [5.74, 6) is 0.0385. The zero-order valence-corrected chi connectivity index (χ0v) is 12.1. The van der Waals surface area contributed by atoms with E-state index in [9.17, 15) is 9.59 Å². The highest BCUT2D eigenvalue weighted by molar-refractivity contribution is 5.99. The summed E-state index contributed by atoms with van der Waals surface area (Å²) in [4.78, 5) is 24.0. The molecule has 112 valence electrons. The van der Waals surface area contributed by atoms with E-state index in [-0.39, 0.29) is 23.7 Å². The molecular formula is C17H21NO3. The smallest absolute Gasteiger partial charge is 0.230 e. The van der Waals surface area contributed by atoms with Crippen LogP contribution in [-0.4, -0.2) is 25.0 Å². The number of ether oxygens (including phenoxy) is 1. The van der Waals surface area contributed by atoms with Crippen molar-refractivity contribution < 1.29 is 14.3 Å². The molecule has 4 nitrogen and oxygen atoms in total. The number of rotatable bonds is 3. The molecule has 0 saturated carbocycles. The molecule has 2 fully saturated rings. The number of hydrogen-bond donors (Lipinski definition) is 1. The monoisotopic (exact) mass is 287 g/mol. The summed E-state index contributed by atoms with van der Waals surface area (Å²) in [6.07, 6.45) is 3.21. The molecule has 3 unspecified atom stereocenters. The number of imide groups is 1. The normalized spacial score (nSPS) is 30.0. The largest absolute Gasteiger partial charge is 0.381 e. The van der Waals surface area contributed by atoms with Crippen molar-refractivity contribution in [2.75, 3.05) is 13.2 Å². The van der Waals surface area contributed by atoms with E-state index in [2.05, 4.69) is 5.32 Å². The number of hydrogen-bond acceptors (Lipinski definition) is 3. The molecule has 2 heterocycles. The lowest BCUT2D eigenvalue weighted by Gasteiger charge is -2.37. The molecular weight excluding hydrogens is 266 g/mol. The van der Waals surface area contributed by atoms with Gasteiger partial charge in [-0.25, -0.2) is 0 Å². The summed E-state index contributed by atoms with van der Waals surface area (Å²) in [5, 5.41) is 2.50. The minimum absolute atomic E-state index is 0.103. The van der Waals surface area contributed by atoms with Crippen LogP contribution in [-0.2, 0) is 20.7 Å². The second-order valence-corrected chi connectivity index (χ2v) is 6.05. The van der Waals surface area contributed by atoms with E-state index in [1.54, 1.807) is 0 Å². The van der Waals surface area contributed by atoms with Crippen LogP contribution in [0.3, 0.4) is 0 Å². The first kappa shape index (κ1) is 14.3. The molecule has 1 aromatic carbocycles. The van der Waals surface area contributed by atoms with Gasteiger partial charge in [-0.3, -0.25) is 14.9 Å². The van der Waals surface area contributed by atoms with Crippen LogP contribution in [0.5, 0.6) is 0 Å².